The first-order valence-electron chi connectivity index (χ1n) is 7.37. The fourth-order valence-electron chi connectivity index (χ4n) is 2.66. The van der Waals surface area contributed by atoms with Crippen molar-refractivity contribution in [1.29, 1.82) is 5.26 Å². The molecule has 1 unspecified atom stereocenters. The van der Waals surface area contributed by atoms with Crippen LogP contribution in [0.1, 0.15) is 18.4 Å². The molecule has 2 rings (SSSR count). The van der Waals surface area contributed by atoms with E-state index in [-0.39, 0.29) is 0 Å². The van der Waals surface area contributed by atoms with Crippen molar-refractivity contribution in [2.75, 3.05) is 20.0 Å². The van der Waals surface area contributed by atoms with Gasteiger partial charge in [0.25, 0.3) is 0 Å². The minimum atomic E-state index is -1.10. The van der Waals surface area contributed by atoms with Gasteiger partial charge in [0.05, 0.1) is 30.4 Å². The lowest BCUT2D eigenvalue weighted by Crippen LogP contribution is -2.44. The standard InChI is InChI=1S/C17H18N2O4S/c1-4-23-11-7-5-10(6-8-11)13-12(9-18)16(24-3)19-15(20)14(13)17(21)22-2/h5-8,13-14H,4H2,1-3H3,(H,19,20)/t13?,14-/m0/s1. The Bertz CT molecular complexity index is 706. The Hall–Kier alpha value is -2.46. The summed E-state index contributed by atoms with van der Waals surface area (Å²) >= 11 is 1.26. The summed E-state index contributed by atoms with van der Waals surface area (Å²) < 4.78 is 10.2. The minimum Gasteiger partial charge on any atom is -0.494 e. The molecular weight excluding hydrogens is 328 g/mol. The summed E-state index contributed by atoms with van der Waals surface area (Å²) in [4.78, 5) is 24.5. The maximum atomic E-state index is 12.4. The van der Waals surface area contributed by atoms with Gasteiger partial charge < -0.3 is 14.8 Å². The van der Waals surface area contributed by atoms with Crippen LogP contribution < -0.4 is 10.1 Å². The normalized spacial score (nSPS) is 20.2. The number of esters is 1. The van der Waals surface area contributed by atoms with Gasteiger partial charge >= 0.3 is 5.97 Å². The number of thioether (sulfide) groups is 1. The van der Waals surface area contributed by atoms with Gasteiger partial charge in [-0.15, -0.1) is 11.8 Å². The molecule has 7 heteroatoms. The quantitative estimate of drug-likeness (QED) is 0.649. The predicted molar refractivity (Wildman–Crippen MR) is 90.2 cm³/mol. The molecule has 0 spiro atoms. The average Bonchev–Trinajstić information content (AvgIpc) is 2.61. The number of methoxy groups -OCH3 is 1. The van der Waals surface area contributed by atoms with E-state index in [1.807, 2.05) is 6.92 Å². The van der Waals surface area contributed by atoms with Crippen molar-refractivity contribution >= 4 is 23.6 Å². The second-order valence-electron chi connectivity index (χ2n) is 5.03. The Kier molecular flexibility index (Phi) is 5.88. The molecule has 0 saturated heterocycles. The number of carbonyl (C=O) groups is 2. The van der Waals surface area contributed by atoms with Crippen molar-refractivity contribution in [2.24, 2.45) is 5.92 Å². The highest BCUT2D eigenvalue weighted by molar-refractivity contribution is 8.02. The maximum absolute atomic E-state index is 12.4. The van der Waals surface area contributed by atoms with Crippen LogP contribution in [0.5, 0.6) is 5.75 Å². The smallest absolute Gasteiger partial charge is 0.319 e. The molecule has 0 aromatic heterocycles. The van der Waals surface area contributed by atoms with Crippen LogP contribution in [0.2, 0.25) is 0 Å². The van der Waals surface area contributed by atoms with Crippen LogP contribution in [-0.4, -0.2) is 31.8 Å². The minimum absolute atomic E-state index is 0.349. The van der Waals surface area contributed by atoms with Crippen molar-refractivity contribution < 1.29 is 19.1 Å². The third-order valence-corrected chi connectivity index (χ3v) is 4.47. The molecular formula is C17H18N2O4S. The number of carbonyl (C=O) groups excluding carboxylic acids is 2. The number of allylic oxidation sites excluding steroid dienone is 1. The SMILES string of the molecule is CCOc1ccc(C2C(C#N)=C(SC)NC(=O)[C@H]2C(=O)OC)cc1. The highest BCUT2D eigenvalue weighted by Crippen LogP contribution is 2.39. The summed E-state index contributed by atoms with van der Waals surface area (Å²) in [5.41, 5.74) is 1.04. The molecule has 0 radical (unpaired) electrons. The van der Waals surface area contributed by atoms with E-state index in [4.69, 9.17) is 9.47 Å². The fraction of sp³-hybridized carbons (Fsp3) is 0.353. The van der Waals surface area contributed by atoms with Crippen molar-refractivity contribution in [3.63, 3.8) is 0 Å². The number of ether oxygens (including phenoxy) is 2. The van der Waals surface area contributed by atoms with Gasteiger partial charge in [-0.3, -0.25) is 9.59 Å². The molecule has 1 amide bonds. The Morgan fingerprint density at radius 2 is 2.04 bits per heavy atom. The van der Waals surface area contributed by atoms with Gasteiger partial charge in [0, 0.05) is 5.92 Å². The molecule has 24 heavy (non-hydrogen) atoms. The number of amides is 1. The molecule has 1 heterocycles. The molecule has 1 N–H and O–H groups in total. The number of hydrogen-bond acceptors (Lipinski definition) is 6. The lowest BCUT2D eigenvalue weighted by Gasteiger charge is -2.30. The molecule has 0 saturated carbocycles. The topological polar surface area (TPSA) is 88.4 Å². The molecule has 1 aliphatic rings. The van der Waals surface area contributed by atoms with E-state index in [9.17, 15) is 14.9 Å². The predicted octanol–water partition coefficient (Wildman–Crippen LogP) is 2.19. The largest absolute Gasteiger partial charge is 0.494 e. The molecule has 1 aromatic carbocycles. The molecule has 1 aliphatic heterocycles. The Balaban J connectivity index is 2.54. The van der Waals surface area contributed by atoms with Crippen LogP contribution >= 0.6 is 11.8 Å². The van der Waals surface area contributed by atoms with Crippen LogP contribution in [0, 0.1) is 17.2 Å². The van der Waals surface area contributed by atoms with E-state index in [0.29, 0.717) is 28.5 Å². The first kappa shape index (κ1) is 17.9. The molecule has 6 nitrogen and oxygen atoms in total. The van der Waals surface area contributed by atoms with Crippen molar-refractivity contribution in [3.8, 4) is 11.8 Å². The van der Waals surface area contributed by atoms with Crippen molar-refractivity contribution in [3.05, 3.63) is 40.4 Å². The number of nitrogens with one attached hydrogen (secondary N) is 1. The first-order valence-corrected chi connectivity index (χ1v) is 8.59. The highest BCUT2D eigenvalue weighted by Gasteiger charge is 2.44. The average molecular weight is 346 g/mol. The summed E-state index contributed by atoms with van der Waals surface area (Å²) in [6.45, 7) is 2.42. The van der Waals surface area contributed by atoms with E-state index in [1.165, 1.54) is 18.9 Å². The Morgan fingerprint density at radius 3 is 2.54 bits per heavy atom. The summed E-state index contributed by atoms with van der Waals surface area (Å²) in [5.74, 6) is -2.24. The van der Waals surface area contributed by atoms with Crippen molar-refractivity contribution in [1.82, 2.24) is 5.32 Å². The van der Waals surface area contributed by atoms with Gasteiger partial charge in [-0.25, -0.2) is 0 Å². The van der Waals surface area contributed by atoms with Gasteiger partial charge in [-0.2, -0.15) is 5.26 Å². The van der Waals surface area contributed by atoms with Crippen LogP contribution in [0.15, 0.2) is 34.9 Å². The van der Waals surface area contributed by atoms with E-state index in [2.05, 4.69) is 11.4 Å². The lowest BCUT2D eigenvalue weighted by atomic mass is 9.78. The summed E-state index contributed by atoms with van der Waals surface area (Å²) in [7, 11) is 1.23. The molecule has 0 fully saturated rings. The van der Waals surface area contributed by atoms with E-state index < -0.39 is 23.7 Å². The third-order valence-electron chi connectivity index (χ3n) is 3.74. The molecule has 126 valence electrons. The van der Waals surface area contributed by atoms with E-state index in [0.717, 1.165) is 0 Å². The molecule has 2 atom stereocenters. The molecule has 0 aliphatic carbocycles. The third kappa shape index (κ3) is 3.39. The van der Waals surface area contributed by atoms with Crippen LogP contribution in [0.4, 0.5) is 0 Å². The molecule has 1 aromatic rings. The van der Waals surface area contributed by atoms with Gasteiger partial charge in [-0.1, -0.05) is 12.1 Å². The number of nitriles is 1. The van der Waals surface area contributed by atoms with Crippen LogP contribution in [-0.2, 0) is 14.3 Å². The summed E-state index contributed by atoms with van der Waals surface area (Å²) in [6.07, 6.45) is 1.76. The summed E-state index contributed by atoms with van der Waals surface area (Å²) in [6, 6.07) is 9.17. The van der Waals surface area contributed by atoms with Crippen LogP contribution in [0.25, 0.3) is 0 Å². The summed E-state index contributed by atoms with van der Waals surface area (Å²) in [5, 5.41) is 12.7. The second-order valence-corrected chi connectivity index (χ2v) is 5.85. The zero-order chi connectivity index (χ0) is 17.7. The number of hydrogen-bond donors (Lipinski definition) is 1. The zero-order valence-electron chi connectivity index (χ0n) is 13.7. The Morgan fingerprint density at radius 1 is 1.38 bits per heavy atom. The number of rotatable bonds is 5. The van der Waals surface area contributed by atoms with E-state index >= 15 is 0 Å². The zero-order valence-corrected chi connectivity index (χ0v) is 14.5. The van der Waals surface area contributed by atoms with Gasteiger partial charge in [-0.05, 0) is 30.9 Å². The van der Waals surface area contributed by atoms with Crippen molar-refractivity contribution in [2.45, 2.75) is 12.8 Å². The Labute approximate surface area is 144 Å². The maximum Gasteiger partial charge on any atom is 0.319 e. The second kappa shape index (κ2) is 7.88. The van der Waals surface area contributed by atoms with Gasteiger partial charge in [0.2, 0.25) is 5.91 Å². The van der Waals surface area contributed by atoms with Gasteiger partial charge in [0.15, 0.2) is 0 Å². The highest BCUT2D eigenvalue weighted by atomic mass is 32.2. The number of nitrogens with zero attached hydrogens (tertiary/aromatic N) is 1. The van der Waals surface area contributed by atoms with Crippen LogP contribution in [0.3, 0.4) is 0 Å². The van der Waals surface area contributed by atoms with E-state index in [1.54, 1.807) is 30.5 Å². The fourth-order valence-corrected chi connectivity index (χ4v) is 3.26. The number of benzene rings is 1. The monoisotopic (exact) mass is 346 g/mol. The molecule has 0 bridgehead atoms. The lowest BCUT2D eigenvalue weighted by molar-refractivity contribution is -0.150. The first-order chi connectivity index (χ1) is 11.6. The van der Waals surface area contributed by atoms with Gasteiger partial charge in [0.1, 0.15) is 11.7 Å².